The lowest BCUT2D eigenvalue weighted by atomic mass is 9.83. The fraction of sp³-hybridized carbons (Fsp3) is 0.286. The van der Waals surface area contributed by atoms with Crippen LogP contribution in [0.1, 0.15) is 19.4 Å². The van der Waals surface area contributed by atoms with E-state index in [0.717, 1.165) is 17.0 Å². The molecule has 30 heavy (non-hydrogen) atoms. The van der Waals surface area contributed by atoms with Crippen molar-refractivity contribution in [3.05, 3.63) is 53.1 Å². The summed E-state index contributed by atoms with van der Waals surface area (Å²) in [4.78, 5) is 14.5. The molecular formula is C21H16ClF3N2OS2. The maximum absolute atomic E-state index is 12.7. The largest absolute Gasteiger partial charge is 0.416 e. The number of ketones is 1. The van der Waals surface area contributed by atoms with E-state index >= 15 is 0 Å². The number of carbonyl (C=O) groups excluding carboxylic acids is 1. The maximum atomic E-state index is 12.7. The Morgan fingerprint density at radius 2 is 1.67 bits per heavy atom. The third kappa shape index (κ3) is 5.95. The first-order valence-corrected chi connectivity index (χ1v) is 10.8. The SMILES string of the molecule is CC(CSc1cc(Sc2ccc(C(F)(F)F)cc2)ccc1Cl)C(=O)C(C)(C#N)C#N. The van der Waals surface area contributed by atoms with Crippen molar-refractivity contribution in [3.63, 3.8) is 0 Å². The Morgan fingerprint density at radius 1 is 1.10 bits per heavy atom. The van der Waals surface area contributed by atoms with Crippen molar-refractivity contribution in [2.45, 2.75) is 34.7 Å². The number of hydrogen-bond donors (Lipinski definition) is 0. The van der Waals surface area contributed by atoms with E-state index in [4.69, 9.17) is 22.1 Å². The molecule has 0 aliphatic rings. The third-order valence-electron chi connectivity index (χ3n) is 4.20. The van der Waals surface area contributed by atoms with Gasteiger partial charge in [0.25, 0.3) is 0 Å². The molecule has 2 rings (SSSR count). The molecular weight excluding hydrogens is 453 g/mol. The highest BCUT2D eigenvalue weighted by Crippen LogP contribution is 2.37. The Morgan fingerprint density at radius 3 is 2.20 bits per heavy atom. The summed E-state index contributed by atoms with van der Waals surface area (Å²) >= 11 is 8.84. The molecule has 0 aliphatic heterocycles. The minimum Gasteiger partial charge on any atom is -0.296 e. The number of carbonyl (C=O) groups is 1. The molecule has 2 aromatic carbocycles. The predicted molar refractivity (Wildman–Crippen MR) is 111 cm³/mol. The van der Waals surface area contributed by atoms with Gasteiger partial charge in [-0.25, -0.2) is 0 Å². The first kappa shape index (κ1) is 24.1. The molecule has 9 heteroatoms. The first-order valence-electron chi connectivity index (χ1n) is 8.64. The maximum Gasteiger partial charge on any atom is 0.416 e. The third-order valence-corrected chi connectivity index (χ3v) is 6.95. The topological polar surface area (TPSA) is 64.7 Å². The fourth-order valence-corrected chi connectivity index (χ4v) is 4.63. The number of hydrogen-bond acceptors (Lipinski definition) is 5. The lowest BCUT2D eigenvalue weighted by molar-refractivity contribution is -0.137. The van der Waals surface area contributed by atoms with E-state index in [1.165, 1.54) is 42.6 Å². The van der Waals surface area contributed by atoms with Crippen LogP contribution in [0.2, 0.25) is 5.02 Å². The second kappa shape index (κ2) is 9.78. The van der Waals surface area contributed by atoms with Gasteiger partial charge >= 0.3 is 6.18 Å². The van der Waals surface area contributed by atoms with Gasteiger partial charge in [-0.3, -0.25) is 4.79 Å². The van der Waals surface area contributed by atoms with Crippen LogP contribution in [0.25, 0.3) is 0 Å². The second-order valence-electron chi connectivity index (χ2n) is 6.64. The van der Waals surface area contributed by atoms with E-state index in [1.54, 1.807) is 37.3 Å². The molecule has 0 heterocycles. The van der Waals surface area contributed by atoms with Gasteiger partial charge in [0.05, 0.1) is 22.7 Å². The van der Waals surface area contributed by atoms with Gasteiger partial charge < -0.3 is 0 Å². The minimum absolute atomic E-state index is 0.325. The Bertz CT molecular complexity index is 997. The van der Waals surface area contributed by atoms with Crippen molar-refractivity contribution in [2.75, 3.05) is 5.75 Å². The molecule has 0 N–H and O–H groups in total. The molecule has 0 radical (unpaired) electrons. The van der Waals surface area contributed by atoms with Crippen molar-refractivity contribution in [2.24, 2.45) is 11.3 Å². The number of nitrogens with zero attached hydrogens (tertiary/aromatic N) is 2. The lowest BCUT2D eigenvalue weighted by Gasteiger charge is -2.17. The van der Waals surface area contributed by atoms with Crippen LogP contribution in [0.15, 0.2) is 57.2 Å². The van der Waals surface area contributed by atoms with Crippen molar-refractivity contribution in [3.8, 4) is 12.1 Å². The number of halogens is 4. The zero-order valence-electron chi connectivity index (χ0n) is 16.0. The molecule has 0 bridgehead atoms. The molecule has 0 saturated carbocycles. The molecule has 0 amide bonds. The first-order chi connectivity index (χ1) is 14.0. The van der Waals surface area contributed by atoms with Crippen LogP contribution in [0, 0.1) is 34.0 Å². The molecule has 0 fully saturated rings. The van der Waals surface area contributed by atoms with E-state index in [1.807, 2.05) is 0 Å². The fourth-order valence-electron chi connectivity index (χ4n) is 2.42. The van der Waals surface area contributed by atoms with Gasteiger partial charge in [-0.1, -0.05) is 30.3 Å². The van der Waals surface area contributed by atoms with Crippen LogP contribution in [-0.4, -0.2) is 11.5 Å². The molecule has 1 atom stereocenters. The van der Waals surface area contributed by atoms with Crippen LogP contribution in [0.3, 0.4) is 0 Å². The Hall–Kier alpha value is -2.13. The normalized spacial score (nSPS) is 12.7. The summed E-state index contributed by atoms with van der Waals surface area (Å²) in [5.74, 6) is -0.667. The zero-order valence-corrected chi connectivity index (χ0v) is 18.3. The Kier molecular flexibility index (Phi) is 7.87. The molecule has 3 nitrogen and oxygen atoms in total. The van der Waals surface area contributed by atoms with Gasteiger partial charge in [0.2, 0.25) is 0 Å². The number of benzene rings is 2. The summed E-state index contributed by atoms with van der Waals surface area (Å²) in [5.41, 5.74) is -2.40. The summed E-state index contributed by atoms with van der Waals surface area (Å²) in [7, 11) is 0. The van der Waals surface area contributed by atoms with Crippen LogP contribution < -0.4 is 0 Å². The Balaban J connectivity index is 2.10. The van der Waals surface area contributed by atoms with Gasteiger partial charge in [-0.2, -0.15) is 23.7 Å². The minimum atomic E-state index is -4.38. The van der Waals surface area contributed by atoms with Crippen molar-refractivity contribution in [1.29, 1.82) is 10.5 Å². The monoisotopic (exact) mass is 468 g/mol. The quantitative estimate of drug-likeness (QED) is 0.415. The van der Waals surface area contributed by atoms with Crippen molar-refractivity contribution in [1.82, 2.24) is 0 Å². The lowest BCUT2D eigenvalue weighted by Crippen LogP contribution is -2.30. The summed E-state index contributed by atoms with van der Waals surface area (Å²) in [6.07, 6.45) is -4.38. The van der Waals surface area contributed by atoms with Gasteiger partial charge in [0.15, 0.2) is 11.2 Å². The average molecular weight is 469 g/mol. The van der Waals surface area contributed by atoms with Gasteiger partial charge in [-0.15, -0.1) is 11.8 Å². The van der Waals surface area contributed by atoms with E-state index in [0.29, 0.717) is 20.6 Å². The highest BCUT2D eigenvalue weighted by atomic mass is 35.5. The number of alkyl halides is 3. The van der Waals surface area contributed by atoms with Gasteiger partial charge in [-0.05, 0) is 49.4 Å². The molecule has 156 valence electrons. The second-order valence-corrected chi connectivity index (χ2v) is 9.26. The number of Topliss-reactive ketones (excluding diaryl/α,β-unsaturated/α-hetero) is 1. The van der Waals surface area contributed by atoms with Crippen LogP contribution in [0.5, 0.6) is 0 Å². The van der Waals surface area contributed by atoms with E-state index < -0.39 is 28.9 Å². The summed E-state index contributed by atoms with van der Waals surface area (Å²) in [6.45, 7) is 2.95. The summed E-state index contributed by atoms with van der Waals surface area (Å²) in [5, 5.41) is 18.6. The number of nitriles is 2. The molecule has 2 aromatic rings. The standard InChI is InChI=1S/C21H16ClF3N2OS2/c1-13(19(28)20(2,11-26)12-27)10-29-18-9-16(7-8-17(18)22)30-15-5-3-14(4-6-15)21(23,24)25/h3-9,13H,10H2,1-2H3. The number of thioether (sulfide) groups is 1. The molecule has 0 aliphatic carbocycles. The van der Waals surface area contributed by atoms with Crippen LogP contribution >= 0.6 is 35.1 Å². The zero-order chi connectivity index (χ0) is 22.5. The summed E-state index contributed by atoms with van der Waals surface area (Å²) < 4.78 is 38.1. The van der Waals surface area contributed by atoms with Crippen molar-refractivity contribution >= 4 is 40.9 Å². The van der Waals surface area contributed by atoms with E-state index in [2.05, 4.69) is 0 Å². The smallest absolute Gasteiger partial charge is 0.296 e. The molecule has 0 saturated heterocycles. The summed E-state index contributed by atoms with van der Waals surface area (Å²) in [6, 6.07) is 13.6. The molecule has 0 spiro atoms. The average Bonchev–Trinajstić information content (AvgIpc) is 2.72. The van der Waals surface area contributed by atoms with Crippen molar-refractivity contribution < 1.29 is 18.0 Å². The van der Waals surface area contributed by atoms with Crippen LogP contribution in [0.4, 0.5) is 13.2 Å². The van der Waals surface area contributed by atoms with Crippen LogP contribution in [-0.2, 0) is 11.0 Å². The highest BCUT2D eigenvalue weighted by molar-refractivity contribution is 8.00. The molecule has 0 aromatic heterocycles. The number of rotatable bonds is 7. The predicted octanol–water partition coefficient (Wildman–Crippen LogP) is 6.86. The van der Waals surface area contributed by atoms with Gasteiger partial charge in [0.1, 0.15) is 0 Å². The van der Waals surface area contributed by atoms with E-state index in [9.17, 15) is 18.0 Å². The highest BCUT2D eigenvalue weighted by Gasteiger charge is 2.36. The molecule has 1 unspecified atom stereocenters. The van der Waals surface area contributed by atoms with Gasteiger partial charge in [0, 0.05) is 26.4 Å². The Labute approximate surface area is 186 Å². The van der Waals surface area contributed by atoms with E-state index in [-0.39, 0.29) is 0 Å².